The molecule has 1 heterocycles. The largest absolute Gasteiger partial charge is 0.329 e. The number of non-ortho nitro benzene ring substituents is 1. The first-order valence-corrected chi connectivity index (χ1v) is 10.4. The summed E-state index contributed by atoms with van der Waals surface area (Å²) in [5, 5.41) is 11.3. The summed E-state index contributed by atoms with van der Waals surface area (Å²) in [7, 11) is 1.67. The van der Waals surface area contributed by atoms with Crippen molar-refractivity contribution in [3.05, 3.63) is 86.5 Å². The number of carbonyl (C=O) groups is 1. The zero-order valence-corrected chi connectivity index (χ0v) is 18.6. The maximum Gasteiger partial charge on any atom is 0.269 e. The third-order valence-corrected chi connectivity index (χ3v) is 5.23. The summed E-state index contributed by atoms with van der Waals surface area (Å²) in [6.45, 7) is 6.36. The average Bonchev–Trinajstić information content (AvgIpc) is 2.78. The summed E-state index contributed by atoms with van der Waals surface area (Å²) in [6, 6.07) is 12.7. The standard InChI is InChI=1S/C24H26N4O4/c1-16(2)15-27(22(29)14-11-18-9-12-19(13-10-18)28(31)32)17(3)23-25-21-8-6-5-7-20(21)24(30)26(23)4/h5-14,16-17H,15H2,1-4H3/b14-11+. The molecular formula is C24H26N4O4. The van der Waals surface area contributed by atoms with Gasteiger partial charge in [0.25, 0.3) is 11.2 Å². The van der Waals surface area contributed by atoms with Crippen molar-refractivity contribution in [3.8, 4) is 0 Å². The molecule has 2 aromatic carbocycles. The van der Waals surface area contributed by atoms with Crippen LogP contribution in [0.4, 0.5) is 5.69 Å². The predicted molar refractivity (Wildman–Crippen MR) is 124 cm³/mol. The number of fused-ring (bicyclic) bond motifs is 1. The summed E-state index contributed by atoms with van der Waals surface area (Å²) in [5.74, 6) is 0.477. The van der Waals surface area contributed by atoms with Crippen LogP contribution in [0.15, 0.2) is 59.4 Å². The number of nitro benzene ring substituents is 1. The number of hydrogen-bond acceptors (Lipinski definition) is 5. The van der Waals surface area contributed by atoms with Gasteiger partial charge in [-0.05, 0) is 48.7 Å². The second kappa shape index (κ2) is 9.55. The van der Waals surface area contributed by atoms with E-state index < -0.39 is 11.0 Å². The van der Waals surface area contributed by atoms with Crippen molar-refractivity contribution in [2.24, 2.45) is 13.0 Å². The number of benzene rings is 2. The van der Waals surface area contributed by atoms with Gasteiger partial charge in [0.15, 0.2) is 0 Å². The maximum atomic E-state index is 13.1. The molecule has 0 saturated heterocycles. The molecule has 1 atom stereocenters. The van der Waals surface area contributed by atoms with Crippen molar-refractivity contribution in [1.82, 2.24) is 14.5 Å². The second-order valence-corrected chi connectivity index (χ2v) is 8.09. The Kier molecular flexibility index (Phi) is 6.82. The number of rotatable bonds is 7. The van der Waals surface area contributed by atoms with Gasteiger partial charge in [-0.25, -0.2) is 4.98 Å². The monoisotopic (exact) mass is 434 g/mol. The van der Waals surface area contributed by atoms with Crippen molar-refractivity contribution < 1.29 is 9.72 Å². The van der Waals surface area contributed by atoms with Crippen LogP contribution in [-0.4, -0.2) is 31.8 Å². The van der Waals surface area contributed by atoms with Crippen LogP contribution < -0.4 is 5.56 Å². The SMILES string of the molecule is CC(C)CN(C(=O)/C=C/c1ccc([N+](=O)[O-])cc1)C(C)c1nc2ccccc2c(=O)n1C. The zero-order chi connectivity index (χ0) is 23.4. The normalized spacial score (nSPS) is 12.4. The van der Waals surface area contributed by atoms with Crippen molar-refractivity contribution >= 4 is 28.6 Å². The first-order valence-electron chi connectivity index (χ1n) is 10.4. The quantitative estimate of drug-likeness (QED) is 0.317. The van der Waals surface area contributed by atoms with Crippen LogP contribution in [-0.2, 0) is 11.8 Å². The molecule has 8 heteroatoms. The molecule has 3 aromatic rings. The van der Waals surface area contributed by atoms with Gasteiger partial charge in [-0.15, -0.1) is 0 Å². The van der Waals surface area contributed by atoms with E-state index in [2.05, 4.69) is 4.98 Å². The van der Waals surface area contributed by atoms with Crippen molar-refractivity contribution in [1.29, 1.82) is 0 Å². The summed E-state index contributed by atoms with van der Waals surface area (Å²) >= 11 is 0. The van der Waals surface area contributed by atoms with Gasteiger partial charge in [0, 0.05) is 31.8 Å². The molecule has 0 aliphatic rings. The lowest BCUT2D eigenvalue weighted by atomic mass is 10.1. The van der Waals surface area contributed by atoms with E-state index in [0.29, 0.717) is 28.8 Å². The first kappa shape index (κ1) is 22.9. The minimum atomic E-state index is -0.467. The summed E-state index contributed by atoms with van der Waals surface area (Å²) in [6.07, 6.45) is 3.07. The van der Waals surface area contributed by atoms with E-state index in [0.717, 1.165) is 0 Å². The Labute approximate surface area is 186 Å². The lowest BCUT2D eigenvalue weighted by molar-refractivity contribution is -0.384. The highest BCUT2D eigenvalue weighted by Crippen LogP contribution is 2.22. The maximum absolute atomic E-state index is 13.1. The van der Waals surface area contributed by atoms with E-state index in [9.17, 15) is 19.7 Å². The lowest BCUT2D eigenvalue weighted by Crippen LogP contribution is -2.38. The van der Waals surface area contributed by atoms with E-state index in [1.54, 1.807) is 48.4 Å². The van der Waals surface area contributed by atoms with E-state index in [1.165, 1.54) is 22.8 Å². The number of nitro groups is 1. The van der Waals surface area contributed by atoms with Gasteiger partial charge >= 0.3 is 0 Å². The summed E-state index contributed by atoms with van der Waals surface area (Å²) in [4.78, 5) is 42.6. The predicted octanol–water partition coefficient (Wildman–Crippen LogP) is 4.10. The van der Waals surface area contributed by atoms with Crippen molar-refractivity contribution in [2.45, 2.75) is 26.8 Å². The summed E-state index contributed by atoms with van der Waals surface area (Å²) in [5.41, 5.74) is 1.11. The third kappa shape index (κ3) is 4.91. The van der Waals surface area contributed by atoms with Gasteiger partial charge in [-0.2, -0.15) is 0 Å². The molecule has 0 bridgehead atoms. The van der Waals surface area contributed by atoms with Gasteiger partial charge in [0.1, 0.15) is 5.82 Å². The smallest absolute Gasteiger partial charge is 0.269 e. The molecule has 0 aliphatic carbocycles. The zero-order valence-electron chi connectivity index (χ0n) is 18.6. The van der Waals surface area contributed by atoms with Crippen LogP contribution in [0, 0.1) is 16.0 Å². The van der Waals surface area contributed by atoms with Crippen molar-refractivity contribution in [2.75, 3.05) is 6.54 Å². The van der Waals surface area contributed by atoms with Crippen LogP contribution in [0.3, 0.4) is 0 Å². The molecule has 0 aliphatic heterocycles. The molecule has 1 amide bonds. The highest BCUT2D eigenvalue weighted by atomic mass is 16.6. The van der Waals surface area contributed by atoms with Gasteiger partial charge in [0.05, 0.1) is 21.9 Å². The van der Waals surface area contributed by atoms with Crippen LogP contribution in [0.5, 0.6) is 0 Å². The third-order valence-electron chi connectivity index (χ3n) is 5.23. The van der Waals surface area contributed by atoms with Gasteiger partial charge in [-0.3, -0.25) is 24.3 Å². The molecule has 3 rings (SSSR count). The van der Waals surface area contributed by atoms with E-state index in [-0.39, 0.29) is 23.1 Å². The minimum absolute atomic E-state index is 0.00757. The number of carbonyl (C=O) groups excluding carboxylic acids is 1. The highest BCUT2D eigenvalue weighted by Gasteiger charge is 2.24. The number of nitrogens with zero attached hydrogens (tertiary/aromatic N) is 4. The Morgan fingerprint density at radius 1 is 1.16 bits per heavy atom. The topological polar surface area (TPSA) is 98.3 Å². The number of hydrogen-bond donors (Lipinski definition) is 0. The summed E-state index contributed by atoms with van der Waals surface area (Å²) < 4.78 is 1.49. The molecule has 1 aromatic heterocycles. The molecule has 0 radical (unpaired) electrons. The van der Waals surface area contributed by atoms with Crippen LogP contribution in [0.25, 0.3) is 17.0 Å². The molecule has 166 valence electrons. The first-order chi connectivity index (χ1) is 15.2. The van der Waals surface area contributed by atoms with E-state index in [1.807, 2.05) is 26.8 Å². The van der Waals surface area contributed by atoms with E-state index in [4.69, 9.17) is 0 Å². The fourth-order valence-electron chi connectivity index (χ4n) is 3.55. The minimum Gasteiger partial charge on any atom is -0.329 e. The molecular weight excluding hydrogens is 408 g/mol. The van der Waals surface area contributed by atoms with Gasteiger partial charge in [-0.1, -0.05) is 26.0 Å². The molecule has 32 heavy (non-hydrogen) atoms. The Morgan fingerprint density at radius 3 is 2.44 bits per heavy atom. The molecule has 1 unspecified atom stereocenters. The fourth-order valence-corrected chi connectivity index (χ4v) is 3.55. The number of aromatic nitrogens is 2. The Morgan fingerprint density at radius 2 is 1.81 bits per heavy atom. The Hall–Kier alpha value is -3.81. The number of para-hydroxylation sites is 1. The highest BCUT2D eigenvalue weighted by molar-refractivity contribution is 5.92. The Bertz CT molecular complexity index is 1230. The van der Waals surface area contributed by atoms with Crippen molar-refractivity contribution in [3.63, 3.8) is 0 Å². The molecule has 0 fully saturated rings. The van der Waals surface area contributed by atoms with Crippen LogP contribution in [0.1, 0.15) is 38.2 Å². The Balaban J connectivity index is 1.92. The van der Waals surface area contributed by atoms with E-state index >= 15 is 0 Å². The number of amides is 1. The van der Waals surface area contributed by atoms with Crippen LogP contribution in [0.2, 0.25) is 0 Å². The van der Waals surface area contributed by atoms with Crippen LogP contribution >= 0.6 is 0 Å². The molecule has 0 N–H and O–H groups in total. The molecule has 8 nitrogen and oxygen atoms in total. The average molecular weight is 434 g/mol. The second-order valence-electron chi connectivity index (χ2n) is 8.09. The molecule has 0 saturated carbocycles. The fraction of sp³-hybridized carbons (Fsp3) is 0.292. The van der Waals surface area contributed by atoms with Gasteiger partial charge < -0.3 is 4.90 Å². The molecule has 0 spiro atoms. The lowest BCUT2D eigenvalue weighted by Gasteiger charge is -2.30. The van der Waals surface area contributed by atoms with Gasteiger partial charge in [0.2, 0.25) is 5.91 Å².